The highest BCUT2D eigenvalue weighted by Crippen LogP contribution is 2.28. The van der Waals surface area contributed by atoms with E-state index in [1.54, 1.807) is 0 Å². The first-order valence-electron chi connectivity index (χ1n) is 4.17. The highest BCUT2D eigenvalue weighted by atomic mass is 19.1. The summed E-state index contributed by atoms with van der Waals surface area (Å²) in [5.41, 5.74) is 6.70. The molecule has 1 heterocycles. The van der Waals surface area contributed by atoms with Crippen molar-refractivity contribution in [2.45, 2.75) is 0 Å². The minimum atomic E-state index is -0.476. The Kier molecular flexibility index (Phi) is 2.21. The third-order valence-electron chi connectivity index (χ3n) is 2.03. The normalized spacial score (nSPS) is 10.2. The zero-order chi connectivity index (χ0) is 10.8. The van der Waals surface area contributed by atoms with Crippen LogP contribution in [-0.4, -0.2) is 11.4 Å². The van der Waals surface area contributed by atoms with Gasteiger partial charge < -0.3 is 10.3 Å². The van der Waals surface area contributed by atoms with Gasteiger partial charge in [0.2, 0.25) is 5.88 Å². The molecule has 0 aliphatic rings. The van der Waals surface area contributed by atoms with E-state index in [0.717, 1.165) is 6.07 Å². The Morgan fingerprint density at radius 3 is 2.80 bits per heavy atom. The molecule has 0 saturated carbocycles. The maximum atomic E-state index is 12.8. The molecular formula is C10H7FN2O2. The van der Waals surface area contributed by atoms with Gasteiger partial charge in [0.05, 0.1) is 11.8 Å². The number of aldehydes is 1. The molecule has 1 aromatic heterocycles. The summed E-state index contributed by atoms with van der Waals surface area (Å²) in [5.74, 6) is -0.374. The van der Waals surface area contributed by atoms with Crippen molar-refractivity contribution in [2.24, 2.45) is 0 Å². The molecule has 0 spiro atoms. The monoisotopic (exact) mass is 206 g/mol. The molecule has 0 bridgehead atoms. The Labute approximate surface area is 84.5 Å². The lowest BCUT2D eigenvalue weighted by Crippen LogP contribution is -1.91. The van der Waals surface area contributed by atoms with Gasteiger partial charge in [-0.05, 0) is 17.7 Å². The van der Waals surface area contributed by atoms with Gasteiger partial charge in [-0.2, -0.15) is 0 Å². The summed E-state index contributed by atoms with van der Waals surface area (Å²) >= 11 is 0. The number of aromatic nitrogens is 1. The van der Waals surface area contributed by atoms with Crippen molar-refractivity contribution < 1.29 is 13.7 Å². The zero-order valence-corrected chi connectivity index (χ0v) is 7.61. The number of nitrogen functional groups attached to an aromatic ring is 1. The first-order valence-corrected chi connectivity index (χ1v) is 4.17. The van der Waals surface area contributed by atoms with Crippen LogP contribution in [0.1, 0.15) is 10.4 Å². The fourth-order valence-electron chi connectivity index (χ4n) is 1.33. The van der Waals surface area contributed by atoms with Crippen LogP contribution < -0.4 is 5.73 Å². The minimum absolute atomic E-state index is 0.102. The van der Waals surface area contributed by atoms with Crippen LogP contribution in [0, 0.1) is 5.82 Å². The minimum Gasteiger partial charge on any atom is -0.367 e. The number of carbonyl (C=O) groups excluding carboxylic acids is 1. The molecule has 5 heteroatoms. The summed E-state index contributed by atoms with van der Waals surface area (Å²) in [6.45, 7) is 0. The van der Waals surface area contributed by atoms with Gasteiger partial charge >= 0.3 is 0 Å². The summed E-state index contributed by atoms with van der Waals surface area (Å²) in [4.78, 5) is 10.7. The maximum Gasteiger partial charge on any atom is 0.229 e. The molecule has 0 unspecified atom stereocenters. The number of anilines is 1. The smallest absolute Gasteiger partial charge is 0.229 e. The first-order chi connectivity index (χ1) is 7.22. The summed E-state index contributed by atoms with van der Waals surface area (Å²) in [5, 5.41) is 3.49. The van der Waals surface area contributed by atoms with Gasteiger partial charge in [0.15, 0.2) is 6.29 Å². The molecule has 76 valence electrons. The molecule has 2 N–H and O–H groups in total. The topological polar surface area (TPSA) is 69.1 Å². The van der Waals surface area contributed by atoms with Crippen molar-refractivity contribution in [3.8, 4) is 11.1 Å². The van der Waals surface area contributed by atoms with E-state index in [2.05, 4.69) is 9.68 Å². The lowest BCUT2D eigenvalue weighted by Gasteiger charge is -2.01. The number of hydrogen-bond acceptors (Lipinski definition) is 4. The van der Waals surface area contributed by atoms with Crippen molar-refractivity contribution >= 4 is 12.2 Å². The number of halogens is 1. The van der Waals surface area contributed by atoms with Crippen molar-refractivity contribution in [1.29, 1.82) is 0 Å². The Morgan fingerprint density at radius 1 is 1.40 bits per heavy atom. The molecule has 0 aliphatic carbocycles. The lowest BCUT2D eigenvalue weighted by atomic mass is 10.0. The number of carbonyl (C=O) groups is 1. The predicted octanol–water partition coefficient (Wildman–Crippen LogP) is 1.88. The fourth-order valence-corrected chi connectivity index (χ4v) is 1.33. The van der Waals surface area contributed by atoms with Crippen molar-refractivity contribution in [1.82, 2.24) is 5.16 Å². The van der Waals surface area contributed by atoms with Crippen LogP contribution in [0.5, 0.6) is 0 Å². The van der Waals surface area contributed by atoms with Crippen LogP contribution in [0.4, 0.5) is 10.3 Å². The van der Waals surface area contributed by atoms with Crippen molar-refractivity contribution in [2.75, 3.05) is 5.73 Å². The van der Waals surface area contributed by atoms with Crippen molar-refractivity contribution in [3.05, 3.63) is 35.8 Å². The van der Waals surface area contributed by atoms with Crippen molar-refractivity contribution in [3.63, 3.8) is 0 Å². The van der Waals surface area contributed by atoms with E-state index in [4.69, 9.17) is 5.73 Å². The third-order valence-corrected chi connectivity index (χ3v) is 2.03. The molecule has 15 heavy (non-hydrogen) atoms. The van der Waals surface area contributed by atoms with Gasteiger partial charge in [-0.3, -0.25) is 4.79 Å². The summed E-state index contributed by atoms with van der Waals surface area (Å²) in [6.07, 6.45) is 1.94. The molecule has 2 aromatic rings. The number of nitrogens with two attached hydrogens (primary N) is 1. The van der Waals surface area contributed by atoms with E-state index >= 15 is 0 Å². The SMILES string of the molecule is Nc1oncc1-c1ccc(F)cc1C=O. The number of rotatable bonds is 2. The molecule has 0 saturated heterocycles. The molecule has 2 rings (SSSR count). The quantitative estimate of drug-likeness (QED) is 0.761. The number of benzene rings is 1. The third kappa shape index (κ3) is 1.59. The molecule has 1 aromatic carbocycles. The number of hydrogen-bond donors (Lipinski definition) is 1. The van der Waals surface area contributed by atoms with E-state index in [9.17, 15) is 9.18 Å². The van der Waals surface area contributed by atoms with Gasteiger partial charge in [0, 0.05) is 5.56 Å². The van der Waals surface area contributed by atoms with E-state index < -0.39 is 5.82 Å². The second-order valence-corrected chi connectivity index (χ2v) is 2.95. The standard InChI is InChI=1S/C10H7FN2O2/c11-7-1-2-8(6(3-7)5-14)9-4-13-15-10(9)12/h1-5H,12H2. The molecule has 0 amide bonds. The first kappa shape index (κ1) is 9.39. The van der Waals surface area contributed by atoms with Gasteiger partial charge in [-0.15, -0.1) is 0 Å². The van der Waals surface area contributed by atoms with Gasteiger partial charge in [0.25, 0.3) is 0 Å². The average Bonchev–Trinajstić information content (AvgIpc) is 2.64. The van der Waals surface area contributed by atoms with Crippen LogP contribution in [0.2, 0.25) is 0 Å². The van der Waals surface area contributed by atoms with E-state index in [1.807, 2.05) is 0 Å². The number of nitrogens with zero attached hydrogens (tertiary/aromatic N) is 1. The average molecular weight is 206 g/mol. The summed E-state index contributed by atoms with van der Waals surface area (Å²) < 4.78 is 17.5. The van der Waals surface area contributed by atoms with Gasteiger partial charge in [-0.25, -0.2) is 4.39 Å². The predicted molar refractivity (Wildman–Crippen MR) is 51.7 cm³/mol. The Balaban J connectivity index is 2.63. The van der Waals surface area contributed by atoms with E-state index in [1.165, 1.54) is 18.3 Å². The Hall–Kier alpha value is -2.17. The lowest BCUT2D eigenvalue weighted by molar-refractivity contribution is 0.112. The van der Waals surface area contributed by atoms with E-state index in [-0.39, 0.29) is 11.4 Å². The van der Waals surface area contributed by atoms with Crippen LogP contribution in [-0.2, 0) is 0 Å². The van der Waals surface area contributed by atoms with Crippen LogP contribution in [0.15, 0.2) is 28.9 Å². The molecule has 0 atom stereocenters. The molecule has 0 aliphatic heterocycles. The summed E-state index contributed by atoms with van der Waals surface area (Å²) in [7, 11) is 0. The highest BCUT2D eigenvalue weighted by Gasteiger charge is 2.11. The molecule has 4 nitrogen and oxygen atoms in total. The second kappa shape index (κ2) is 3.53. The molecule has 0 radical (unpaired) electrons. The molecule has 0 fully saturated rings. The molecular weight excluding hydrogens is 199 g/mol. The second-order valence-electron chi connectivity index (χ2n) is 2.95. The van der Waals surface area contributed by atoms with Gasteiger partial charge in [-0.1, -0.05) is 11.2 Å². The Morgan fingerprint density at radius 2 is 2.20 bits per heavy atom. The highest BCUT2D eigenvalue weighted by molar-refractivity contribution is 5.89. The maximum absolute atomic E-state index is 12.8. The zero-order valence-electron chi connectivity index (χ0n) is 7.61. The van der Waals surface area contributed by atoms with Crippen LogP contribution in [0.3, 0.4) is 0 Å². The fraction of sp³-hybridized carbons (Fsp3) is 0. The van der Waals surface area contributed by atoms with Crippen LogP contribution >= 0.6 is 0 Å². The largest absolute Gasteiger partial charge is 0.367 e. The Bertz CT molecular complexity index is 508. The van der Waals surface area contributed by atoms with E-state index in [0.29, 0.717) is 17.4 Å². The van der Waals surface area contributed by atoms with Crippen LogP contribution in [0.25, 0.3) is 11.1 Å². The van der Waals surface area contributed by atoms with Gasteiger partial charge in [0.1, 0.15) is 5.82 Å². The summed E-state index contributed by atoms with van der Waals surface area (Å²) in [6, 6.07) is 3.84.